The summed E-state index contributed by atoms with van der Waals surface area (Å²) in [6.45, 7) is 3.84. The van der Waals surface area contributed by atoms with Gasteiger partial charge in [-0.3, -0.25) is 14.5 Å². The summed E-state index contributed by atoms with van der Waals surface area (Å²) in [6.07, 6.45) is 1.41. The third kappa shape index (κ3) is 3.38. The van der Waals surface area contributed by atoms with Crippen molar-refractivity contribution in [3.8, 4) is 5.75 Å². The third-order valence-electron chi connectivity index (χ3n) is 5.90. The van der Waals surface area contributed by atoms with Gasteiger partial charge in [0.2, 0.25) is 11.0 Å². The number of carbonyl (C=O) groups excluding carboxylic acids is 2. The van der Waals surface area contributed by atoms with Gasteiger partial charge in [0.1, 0.15) is 12.1 Å². The molecule has 6 heteroatoms. The van der Waals surface area contributed by atoms with Crippen molar-refractivity contribution in [2.24, 2.45) is 0 Å². The summed E-state index contributed by atoms with van der Waals surface area (Å²) in [5.74, 6) is 0.331. The molecule has 0 atom stereocenters. The van der Waals surface area contributed by atoms with Crippen molar-refractivity contribution in [3.05, 3.63) is 77.9 Å². The van der Waals surface area contributed by atoms with Gasteiger partial charge in [-0.2, -0.15) is 4.57 Å². The van der Waals surface area contributed by atoms with Gasteiger partial charge < -0.3 is 4.74 Å². The SMILES string of the molecule is CC[n+]1c2ccccc2nc2c(OCCCCN3C(=O)c4ccccc4C3=O)cccc21. The first kappa shape index (κ1) is 20.1. The minimum Gasteiger partial charge on any atom is -0.491 e. The molecule has 0 aliphatic carbocycles. The average Bonchev–Trinajstić information content (AvgIpc) is 3.07. The Kier molecular flexibility index (Phi) is 5.27. The van der Waals surface area contributed by atoms with Crippen LogP contribution in [0.25, 0.3) is 22.1 Å². The molecular weight excluding hydrogens is 402 g/mol. The van der Waals surface area contributed by atoms with E-state index < -0.39 is 0 Å². The zero-order chi connectivity index (χ0) is 22.1. The molecule has 0 spiro atoms. The van der Waals surface area contributed by atoms with Gasteiger partial charge in [-0.25, -0.2) is 4.98 Å². The smallest absolute Gasteiger partial charge is 0.261 e. The van der Waals surface area contributed by atoms with Crippen molar-refractivity contribution < 1.29 is 18.9 Å². The van der Waals surface area contributed by atoms with Crippen LogP contribution in [-0.2, 0) is 6.54 Å². The van der Waals surface area contributed by atoms with Gasteiger partial charge in [0.05, 0.1) is 17.7 Å². The first-order chi connectivity index (χ1) is 15.7. The normalized spacial score (nSPS) is 13.2. The Hall–Kier alpha value is -3.80. The van der Waals surface area contributed by atoms with Crippen molar-refractivity contribution in [2.45, 2.75) is 26.3 Å². The molecule has 32 heavy (non-hydrogen) atoms. The number of benzene rings is 3. The van der Waals surface area contributed by atoms with Gasteiger partial charge in [-0.15, -0.1) is 0 Å². The van der Waals surface area contributed by atoms with Gasteiger partial charge >= 0.3 is 0 Å². The summed E-state index contributed by atoms with van der Waals surface area (Å²) in [4.78, 5) is 31.1. The number of rotatable bonds is 7. The van der Waals surface area contributed by atoms with Gasteiger partial charge in [0.15, 0.2) is 11.3 Å². The van der Waals surface area contributed by atoms with Crippen molar-refractivity contribution in [1.82, 2.24) is 9.88 Å². The lowest BCUT2D eigenvalue weighted by molar-refractivity contribution is -0.641. The number of amides is 2. The molecule has 1 aliphatic rings. The summed E-state index contributed by atoms with van der Waals surface area (Å²) >= 11 is 0. The van der Waals surface area contributed by atoms with Crippen LogP contribution in [-0.4, -0.2) is 34.8 Å². The van der Waals surface area contributed by atoms with Crippen molar-refractivity contribution >= 4 is 33.9 Å². The maximum atomic E-state index is 12.5. The average molecular weight is 426 g/mol. The number of aryl methyl sites for hydroxylation is 1. The Balaban J connectivity index is 1.26. The van der Waals surface area contributed by atoms with E-state index in [-0.39, 0.29) is 11.8 Å². The molecule has 160 valence electrons. The lowest BCUT2D eigenvalue weighted by Crippen LogP contribution is -2.34. The van der Waals surface area contributed by atoms with E-state index in [4.69, 9.17) is 9.72 Å². The fourth-order valence-corrected chi connectivity index (χ4v) is 4.33. The number of ether oxygens (including phenoxy) is 1. The van der Waals surface area contributed by atoms with Crippen LogP contribution in [0.15, 0.2) is 66.7 Å². The lowest BCUT2D eigenvalue weighted by atomic mass is 10.1. The molecule has 3 aromatic carbocycles. The topological polar surface area (TPSA) is 63.4 Å². The Bertz CT molecular complexity index is 1310. The van der Waals surface area contributed by atoms with Crippen LogP contribution >= 0.6 is 0 Å². The van der Waals surface area contributed by atoms with Gasteiger partial charge in [-0.05, 0) is 44.0 Å². The largest absolute Gasteiger partial charge is 0.491 e. The number of imide groups is 1. The summed E-state index contributed by atoms with van der Waals surface area (Å²) in [5, 5.41) is 0. The molecule has 0 fully saturated rings. The molecule has 2 heterocycles. The minimum absolute atomic E-state index is 0.208. The van der Waals surface area contributed by atoms with Crippen molar-refractivity contribution in [1.29, 1.82) is 0 Å². The number of para-hydroxylation sites is 3. The first-order valence-electron chi connectivity index (χ1n) is 11.0. The third-order valence-corrected chi connectivity index (χ3v) is 5.90. The number of unbranched alkanes of at least 4 members (excludes halogenated alkanes) is 1. The monoisotopic (exact) mass is 426 g/mol. The van der Waals surface area contributed by atoms with Gasteiger partial charge in [0, 0.05) is 18.7 Å². The second-order valence-electron chi connectivity index (χ2n) is 7.83. The highest BCUT2D eigenvalue weighted by atomic mass is 16.5. The number of hydrogen-bond acceptors (Lipinski definition) is 4. The Labute approximate surface area is 186 Å². The van der Waals surface area contributed by atoms with Crippen LogP contribution in [0.5, 0.6) is 5.75 Å². The van der Waals surface area contributed by atoms with Gasteiger partial charge in [-0.1, -0.05) is 30.3 Å². The van der Waals surface area contributed by atoms with Crippen LogP contribution in [0, 0.1) is 0 Å². The molecule has 0 unspecified atom stereocenters. The molecule has 0 radical (unpaired) electrons. The van der Waals surface area contributed by atoms with Crippen LogP contribution in [0.4, 0.5) is 0 Å². The van der Waals surface area contributed by atoms with E-state index in [0.717, 1.165) is 40.8 Å². The first-order valence-corrected chi connectivity index (χ1v) is 11.0. The van der Waals surface area contributed by atoms with Gasteiger partial charge in [0.25, 0.3) is 11.8 Å². The van der Waals surface area contributed by atoms with E-state index in [9.17, 15) is 9.59 Å². The van der Waals surface area contributed by atoms with Crippen molar-refractivity contribution in [3.63, 3.8) is 0 Å². The standard InChI is InChI=1S/C26H24N3O3/c1-2-28-21-13-6-5-12-20(21)27-24-22(28)14-9-15-23(24)32-17-8-7-16-29-25(30)18-10-3-4-11-19(18)26(29)31/h3-6,9-15H,2,7-8,16-17H2,1H3/q+1. The Morgan fingerprint density at radius 2 is 1.53 bits per heavy atom. The minimum atomic E-state index is -0.208. The molecule has 1 aliphatic heterocycles. The van der Waals surface area contributed by atoms with E-state index in [1.165, 1.54) is 4.90 Å². The summed E-state index contributed by atoms with van der Waals surface area (Å²) in [5.41, 5.74) is 4.89. The highest BCUT2D eigenvalue weighted by Crippen LogP contribution is 2.25. The quantitative estimate of drug-likeness (QED) is 0.193. The second-order valence-corrected chi connectivity index (χ2v) is 7.83. The second kappa shape index (κ2) is 8.38. The number of nitrogens with zero attached hydrogens (tertiary/aromatic N) is 3. The summed E-state index contributed by atoms with van der Waals surface area (Å²) in [6, 6.07) is 21.1. The molecule has 0 bridgehead atoms. The number of carbonyl (C=O) groups is 2. The van der Waals surface area contributed by atoms with Crippen molar-refractivity contribution in [2.75, 3.05) is 13.2 Å². The summed E-state index contributed by atoms with van der Waals surface area (Å²) < 4.78 is 8.33. The lowest BCUT2D eigenvalue weighted by Gasteiger charge is -2.14. The fourth-order valence-electron chi connectivity index (χ4n) is 4.33. The van der Waals surface area contributed by atoms with Crippen LogP contribution in [0.1, 0.15) is 40.5 Å². The predicted molar refractivity (Wildman–Crippen MR) is 122 cm³/mol. The molecule has 6 nitrogen and oxygen atoms in total. The Morgan fingerprint density at radius 3 is 2.28 bits per heavy atom. The molecule has 0 saturated heterocycles. The molecule has 2 amide bonds. The van der Waals surface area contributed by atoms with Crippen LogP contribution < -0.4 is 9.30 Å². The molecular formula is C26H24N3O3+. The highest BCUT2D eigenvalue weighted by Gasteiger charge is 2.34. The highest BCUT2D eigenvalue weighted by molar-refractivity contribution is 6.21. The van der Waals surface area contributed by atoms with E-state index in [2.05, 4.69) is 23.6 Å². The number of hydrogen-bond donors (Lipinski definition) is 0. The molecule has 0 saturated carbocycles. The maximum Gasteiger partial charge on any atom is 0.261 e. The zero-order valence-corrected chi connectivity index (χ0v) is 18.0. The fraction of sp³-hybridized carbons (Fsp3) is 0.231. The van der Waals surface area contributed by atoms with E-state index in [0.29, 0.717) is 30.7 Å². The maximum absolute atomic E-state index is 12.5. The van der Waals surface area contributed by atoms with E-state index in [1.807, 2.05) is 30.3 Å². The molecule has 4 aromatic rings. The van der Waals surface area contributed by atoms with E-state index in [1.54, 1.807) is 24.3 Å². The number of fused-ring (bicyclic) bond motifs is 3. The molecule has 0 N–H and O–H groups in total. The van der Waals surface area contributed by atoms with Crippen LogP contribution in [0.3, 0.4) is 0 Å². The predicted octanol–water partition coefficient (Wildman–Crippen LogP) is 4.15. The van der Waals surface area contributed by atoms with Crippen LogP contribution in [0.2, 0.25) is 0 Å². The number of aromatic nitrogens is 2. The Morgan fingerprint density at radius 1 is 0.844 bits per heavy atom. The zero-order valence-electron chi connectivity index (χ0n) is 18.0. The van der Waals surface area contributed by atoms with E-state index >= 15 is 0 Å². The molecule has 1 aromatic heterocycles. The molecule has 5 rings (SSSR count). The summed E-state index contributed by atoms with van der Waals surface area (Å²) in [7, 11) is 0.